The second kappa shape index (κ2) is 4.47. The number of carbonyl (C=O) groups excluding carboxylic acids is 3. The van der Waals surface area contributed by atoms with Crippen molar-refractivity contribution in [3.05, 3.63) is 11.9 Å². The predicted molar refractivity (Wildman–Crippen MR) is 61.3 cm³/mol. The SMILES string of the molecule is CCC1C(=O)NC(=O)CN1C(=O)c1[nH]ncc1N. The van der Waals surface area contributed by atoms with Crippen LogP contribution in [0.2, 0.25) is 0 Å². The third kappa shape index (κ3) is 1.92. The summed E-state index contributed by atoms with van der Waals surface area (Å²) in [5.74, 6) is -1.48. The first kappa shape index (κ1) is 12.1. The minimum Gasteiger partial charge on any atom is -0.396 e. The molecule has 1 unspecified atom stereocenters. The minimum atomic E-state index is -0.669. The molecule has 1 aliphatic rings. The number of nitrogens with one attached hydrogen (secondary N) is 2. The molecule has 1 aromatic heterocycles. The normalized spacial score (nSPS) is 19.8. The van der Waals surface area contributed by atoms with Gasteiger partial charge in [-0.15, -0.1) is 0 Å². The standard InChI is InChI=1S/C10H13N5O3/c1-2-6-9(17)13-7(16)4-15(6)10(18)8-5(11)3-12-14-8/h3,6H,2,4,11H2,1H3,(H,12,14)(H,13,16,17). The van der Waals surface area contributed by atoms with Crippen LogP contribution in [0.1, 0.15) is 23.8 Å². The molecule has 1 aliphatic heterocycles. The Hall–Kier alpha value is -2.38. The van der Waals surface area contributed by atoms with E-state index < -0.39 is 23.8 Å². The maximum absolute atomic E-state index is 12.2. The molecule has 1 fully saturated rings. The largest absolute Gasteiger partial charge is 0.396 e. The number of aromatic amines is 1. The van der Waals surface area contributed by atoms with E-state index in [1.54, 1.807) is 6.92 Å². The van der Waals surface area contributed by atoms with Crippen molar-refractivity contribution in [2.75, 3.05) is 12.3 Å². The van der Waals surface area contributed by atoms with Gasteiger partial charge in [-0.1, -0.05) is 6.92 Å². The van der Waals surface area contributed by atoms with Crippen LogP contribution in [0.3, 0.4) is 0 Å². The monoisotopic (exact) mass is 251 g/mol. The average molecular weight is 251 g/mol. The van der Waals surface area contributed by atoms with Crippen molar-refractivity contribution in [3.63, 3.8) is 0 Å². The van der Waals surface area contributed by atoms with Crippen LogP contribution in [0.4, 0.5) is 5.69 Å². The molecule has 0 saturated carbocycles. The van der Waals surface area contributed by atoms with Gasteiger partial charge in [0.05, 0.1) is 11.9 Å². The molecule has 2 heterocycles. The second-order valence-electron chi connectivity index (χ2n) is 3.97. The molecule has 0 aliphatic carbocycles. The van der Waals surface area contributed by atoms with Gasteiger partial charge in [-0.25, -0.2) is 0 Å². The van der Waals surface area contributed by atoms with Crippen LogP contribution < -0.4 is 11.1 Å². The summed E-state index contributed by atoms with van der Waals surface area (Å²) in [5.41, 5.74) is 5.86. The molecule has 96 valence electrons. The zero-order chi connectivity index (χ0) is 13.3. The molecule has 1 aromatic rings. The lowest BCUT2D eigenvalue weighted by atomic mass is 10.1. The van der Waals surface area contributed by atoms with E-state index in [1.807, 2.05) is 0 Å². The van der Waals surface area contributed by atoms with Crippen molar-refractivity contribution in [1.82, 2.24) is 20.4 Å². The number of imide groups is 1. The van der Waals surface area contributed by atoms with Crippen molar-refractivity contribution >= 4 is 23.4 Å². The first-order valence-electron chi connectivity index (χ1n) is 5.48. The number of amides is 3. The molecule has 8 heteroatoms. The molecular weight excluding hydrogens is 238 g/mol. The van der Waals surface area contributed by atoms with Gasteiger partial charge < -0.3 is 10.6 Å². The van der Waals surface area contributed by atoms with Crippen LogP contribution in [-0.2, 0) is 9.59 Å². The zero-order valence-electron chi connectivity index (χ0n) is 9.77. The molecule has 3 amide bonds. The number of piperazine rings is 1. The van der Waals surface area contributed by atoms with E-state index in [4.69, 9.17) is 5.73 Å². The van der Waals surface area contributed by atoms with Crippen LogP contribution in [0.25, 0.3) is 0 Å². The van der Waals surface area contributed by atoms with Crippen molar-refractivity contribution in [1.29, 1.82) is 0 Å². The number of hydrogen-bond acceptors (Lipinski definition) is 5. The van der Waals surface area contributed by atoms with Crippen molar-refractivity contribution in [2.24, 2.45) is 0 Å². The smallest absolute Gasteiger partial charge is 0.275 e. The van der Waals surface area contributed by atoms with Gasteiger partial charge >= 0.3 is 0 Å². The summed E-state index contributed by atoms with van der Waals surface area (Å²) in [4.78, 5) is 36.3. The average Bonchev–Trinajstić information content (AvgIpc) is 2.73. The number of anilines is 1. The fraction of sp³-hybridized carbons (Fsp3) is 0.400. The molecule has 1 saturated heterocycles. The van der Waals surface area contributed by atoms with Gasteiger partial charge in [-0.05, 0) is 6.42 Å². The van der Waals surface area contributed by atoms with Crippen molar-refractivity contribution in [3.8, 4) is 0 Å². The molecule has 0 bridgehead atoms. The quantitative estimate of drug-likeness (QED) is 0.574. The molecule has 0 radical (unpaired) electrons. The highest BCUT2D eigenvalue weighted by Crippen LogP contribution is 2.16. The Morgan fingerprint density at radius 2 is 2.33 bits per heavy atom. The topological polar surface area (TPSA) is 121 Å². The maximum Gasteiger partial charge on any atom is 0.275 e. The van der Waals surface area contributed by atoms with Crippen LogP contribution >= 0.6 is 0 Å². The van der Waals surface area contributed by atoms with Crippen molar-refractivity contribution < 1.29 is 14.4 Å². The highest BCUT2D eigenvalue weighted by molar-refractivity contribution is 6.07. The summed E-state index contributed by atoms with van der Waals surface area (Å²) in [6.45, 7) is 1.60. The van der Waals surface area contributed by atoms with Gasteiger partial charge in [-0.2, -0.15) is 5.10 Å². The van der Waals surface area contributed by atoms with Gasteiger partial charge in [0.1, 0.15) is 18.3 Å². The number of nitrogens with zero attached hydrogens (tertiary/aromatic N) is 2. The first-order chi connectivity index (χ1) is 8.54. The lowest BCUT2D eigenvalue weighted by Crippen LogP contribution is -2.59. The summed E-state index contributed by atoms with van der Waals surface area (Å²) < 4.78 is 0. The van der Waals surface area contributed by atoms with Crippen molar-refractivity contribution in [2.45, 2.75) is 19.4 Å². The molecule has 0 spiro atoms. The minimum absolute atomic E-state index is 0.0935. The third-order valence-electron chi connectivity index (χ3n) is 2.79. The number of nitrogen functional groups attached to an aromatic ring is 1. The van der Waals surface area contributed by atoms with Crippen LogP contribution in [-0.4, -0.2) is 45.4 Å². The zero-order valence-corrected chi connectivity index (χ0v) is 9.77. The van der Waals surface area contributed by atoms with E-state index in [1.165, 1.54) is 11.1 Å². The number of rotatable bonds is 2. The summed E-state index contributed by atoms with van der Waals surface area (Å²) >= 11 is 0. The van der Waals surface area contributed by atoms with Crippen LogP contribution in [0.15, 0.2) is 6.20 Å². The molecule has 0 aromatic carbocycles. The summed E-state index contributed by atoms with van der Waals surface area (Å²) in [6.07, 6.45) is 1.72. The maximum atomic E-state index is 12.2. The van der Waals surface area contributed by atoms with E-state index >= 15 is 0 Å². The molecule has 1 atom stereocenters. The summed E-state index contributed by atoms with van der Waals surface area (Å²) in [6, 6.07) is -0.669. The second-order valence-corrected chi connectivity index (χ2v) is 3.97. The Morgan fingerprint density at radius 1 is 1.61 bits per heavy atom. The number of aromatic nitrogens is 2. The Balaban J connectivity index is 2.30. The fourth-order valence-electron chi connectivity index (χ4n) is 1.90. The molecule has 18 heavy (non-hydrogen) atoms. The van der Waals surface area contributed by atoms with Gasteiger partial charge in [0.15, 0.2) is 0 Å². The van der Waals surface area contributed by atoms with E-state index in [2.05, 4.69) is 15.5 Å². The number of carbonyl (C=O) groups is 3. The lowest BCUT2D eigenvalue weighted by molar-refractivity contribution is -0.138. The summed E-state index contributed by atoms with van der Waals surface area (Å²) in [7, 11) is 0. The number of nitrogens with two attached hydrogens (primary N) is 1. The van der Waals surface area contributed by atoms with Gasteiger partial charge in [-0.3, -0.25) is 24.8 Å². The number of hydrogen-bond donors (Lipinski definition) is 3. The van der Waals surface area contributed by atoms with E-state index in [0.29, 0.717) is 6.42 Å². The molecule has 2 rings (SSSR count). The predicted octanol–water partition coefficient (Wildman–Crippen LogP) is -1.13. The van der Waals surface area contributed by atoms with Crippen LogP contribution in [0, 0.1) is 0 Å². The van der Waals surface area contributed by atoms with E-state index in [0.717, 1.165) is 0 Å². The Kier molecular flexibility index (Phi) is 3.00. The fourth-order valence-corrected chi connectivity index (χ4v) is 1.90. The first-order valence-corrected chi connectivity index (χ1v) is 5.48. The van der Waals surface area contributed by atoms with Crippen LogP contribution in [0.5, 0.6) is 0 Å². The third-order valence-corrected chi connectivity index (χ3v) is 2.79. The highest BCUT2D eigenvalue weighted by Gasteiger charge is 2.36. The molecule has 4 N–H and O–H groups in total. The Labute approximate surface area is 103 Å². The number of H-pyrrole nitrogens is 1. The van der Waals surface area contributed by atoms with Gasteiger partial charge in [0.2, 0.25) is 11.8 Å². The molecular formula is C10H13N5O3. The van der Waals surface area contributed by atoms with E-state index in [-0.39, 0.29) is 17.9 Å². The highest BCUT2D eigenvalue weighted by atomic mass is 16.2. The van der Waals surface area contributed by atoms with E-state index in [9.17, 15) is 14.4 Å². The Morgan fingerprint density at radius 3 is 2.89 bits per heavy atom. The Bertz CT molecular complexity index is 509. The summed E-state index contributed by atoms with van der Waals surface area (Å²) in [5, 5.41) is 8.31. The van der Waals surface area contributed by atoms with Gasteiger partial charge in [0.25, 0.3) is 5.91 Å². The lowest BCUT2D eigenvalue weighted by Gasteiger charge is -2.33. The molecule has 8 nitrogen and oxygen atoms in total. The van der Waals surface area contributed by atoms with Gasteiger partial charge in [0, 0.05) is 0 Å².